The highest BCUT2D eigenvalue weighted by Gasteiger charge is 2.19. The molecule has 1 rings (SSSR count). The van der Waals surface area contributed by atoms with Crippen LogP contribution < -0.4 is 10.6 Å². The van der Waals surface area contributed by atoms with Crippen LogP contribution in [0.25, 0.3) is 0 Å². The average molecular weight is 229 g/mol. The predicted octanol–water partition coefficient (Wildman–Crippen LogP) is -0.567. The van der Waals surface area contributed by atoms with Crippen LogP contribution in [-0.2, 0) is 9.53 Å². The van der Waals surface area contributed by atoms with Crippen molar-refractivity contribution >= 4 is 5.91 Å². The molecule has 1 saturated heterocycles. The maximum Gasteiger partial charge on any atom is 0.219 e. The second-order valence-corrected chi connectivity index (χ2v) is 4.13. The summed E-state index contributed by atoms with van der Waals surface area (Å²) in [6.07, 6.45) is 1.83. The van der Waals surface area contributed by atoms with Gasteiger partial charge in [-0.05, 0) is 20.0 Å². The van der Waals surface area contributed by atoms with E-state index in [0.29, 0.717) is 12.5 Å². The molecule has 0 bridgehead atoms. The van der Waals surface area contributed by atoms with Crippen LogP contribution in [0.1, 0.15) is 12.8 Å². The molecular formula is C11H23N3O2. The minimum atomic E-state index is 0.125. The zero-order valence-corrected chi connectivity index (χ0v) is 10.3. The van der Waals surface area contributed by atoms with Crippen molar-refractivity contribution in [3.8, 4) is 0 Å². The Bertz CT molecular complexity index is 209. The molecule has 2 N–H and O–H groups in total. The van der Waals surface area contributed by atoms with E-state index >= 15 is 0 Å². The van der Waals surface area contributed by atoms with E-state index in [2.05, 4.69) is 15.5 Å². The van der Waals surface area contributed by atoms with Crippen molar-refractivity contribution < 1.29 is 9.53 Å². The third-order valence-corrected chi connectivity index (χ3v) is 2.81. The molecule has 1 heterocycles. The summed E-state index contributed by atoms with van der Waals surface area (Å²) in [6.45, 7) is 4.62. The highest BCUT2D eigenvalue weighted by Crippen LogP contribution is 2.05. The Balaban J connectivity index is 2.14. The predicted molar refractivity (Wildman–Crippen MR) is 63.4 cm³/mol. The SMILES string of the molecule is CNCC1CN(CCCC(=O)NC)CCO1. The van der Waals surface area contributed by atoms with E-state index in [-0.39, 0.29) is 5.91 Å². The van der Waals surface area contributed by atoms with E-state index < -0.39 is 0 Å². The molecule has 1 aliphatic heterocycles. The number of nitrogens with one attached hydrogen (secondary N) is 2. The molecule has 5 nitrogen and oxygen atoms in total. The Morgan fingerprint density at radius 2 is 2.31 bits per heavy atom. The number of rotatable bonds is 6. The van der Waals surface area contributed by atoms with Crippen molar-refractivity contribution in [3.05, 3.63) is 0 Å². The number of carbonyl (C=O) groups excluding carboxylic acids is 1. The fraction of sp³-hybridized carbons (Fsp3) is 0.909. The van der Waals surface area contributed by atoms with Crippen LogP contribution in [0.4, 0.5) is 0 Å². The standard InChI is InChI=1S/C11H23N3O2/c1-12-8-10-9-14(6-7-16-10)5-3-4-11(15)13-2/h10,12H,3-9H2,1-2H3,(H,13,15). The summed E-state index contributed by atoms with van der Waals surface area (Å²) in [5, 5.41) is 5.77. The second kappa shape index (κ2) is 7.60. The zero-order valence-electron chi connectivity index (χ0n) is 10.3. The lowest BCUT2D eigenvalue weighted by molar-refractivity contribution is -0.120. The van der Waals surface area contributed by atoms with E-state index in [1.165, 1.54) is 0 Å². The first-order valence-corrected chi connectivity index (χ1v) is 5.95. The smallest absolute Gasteiger partial charge is 0.219 e. The maximum absolute atomic E-state index is 11.1. The Labute approximate surface area is 97.5 Å². The number of hydrogen-bond donors (Lipinski definition) is 2. The van der Waals surface area contributed by atoms with Gasteiger partial charge in [-0.15, -0.1) is 0 Å². The zero-order chi connectivity index (χ0) is 11.8. The molecule has 1 fully saturated rings. The van der Waals surface area contributed by atoms with Gasteiger partial charge < -0.3 is 15.4 Å². The van der Waals surface area contributed by atoms with Crippen LogP contribution in [-0.4, -0.2) is 63.8 Å². The van der Waals surface area contributed by atoms with Gasteiger partial charge in [-0.1, -0.05) is 0 Å². The van der Waals surface area contributed by atoms with Crippen molar-refractivity contribution in [2.75, 3.05) is 46.9 Å². The third kappa shape index (κ3) is 4.92. The van der Waals surface area contributed by atoms with Crippen LogP contribution >= 0.6 is 0 Å². The largest absolute Gasteiger partial charge is 0.374 e. The number of hydrogen-bond acceptors (Lipinski definition) is 4. The number of amides is 1. The number of carbonyl (C=O) groups is 1. The van der Waals surface area contributed by atoms with Gasteiger partial charge in [-0.3, -0.25) is 9.69 Å². The number of nitrogens with zero attached hydrogens (tertiary/aromatic N) is 1. The van der Waals surface area contributed by atoms with Gasteiger partial charge in [0.15, 0.2) is 0 Å². The van der Waals surface area contributed by atoms with Crippen LogP contribution in [0.2, 0.25) is 0 Å². The molecule has 1 unspecified atom stereocenters. The molecule has 1 atom stereocenters. The van der Waals surface area contributed by atoms with Gasteiger partial charge in [0, 0.05) is 33.1 Å². The van der Waals surface area contributed by atoms with Crippen molar-refractivity contribution in [2.45, 2.75) is 18.9 Å². The summed E-state index contributed by atoms with van der Waals surface area (Å²) in [7, 11) is 3.62. The van der Waals surface area contributed by atoms with E-state index in [0.717, 1.165) is 39.2 Å². The molecule has 0 aromatic heterocycles. The average Bonchev–Trinajstić information content (AvgIpc) is 2.30. The first kappa shape index (κ1) is 13.4. The summed E-state index contributed by atoms with van der Waals surface area (Å²) >= 11 is 0. The summed E-state index contributed by atoms with van der Waals surface area (Å²) in [5.74, 6) is 0.125. The van der Waals surface area contributed by atoms with Gasteiger partial charge in [0.25, 0.3) is 0 Å². The molecule has 16 heavy (non-hydrogen) atoms. The molecule has 0 aliphatic carbocycles. The molecule has 94 valence electrons. The number of ether oxygens (including phenoxy) is 1. The van der Waals surface area contributed by atoms with E-state index in [1.54, 1.807) is 7.05 Å². The first-order chi connectivity index (χ1) is 7.76. The minimum Gasteiger partial charge on any atom is -0.374 e. The van der Waals surface area contributed by atoms with Gasteiger partial charge in [-0.2, -0.15) is 0 Å². The molecule has 0 radical (unpaired) electrons. The van der Waals surface area contributed by atoms with Gasteiger partial charge in [0.1, 0.15) is 0 Å². The highest BCUT2D eigenvalue weighted by molar-refractivity contribution is 5.75. The summed E-state index contributed by atoms with van der Waals surface area (Å²) in [4.78, 5) is 13.4. The molecule has 0 spiro atoms. The summed E-state index contributed by atoms with van der Waals surface area (Å²) in [5.41, 5.74) is 0. The van der Waals surface area contributed by atoms with Crippen LogP contribution in [0.15, 0.2) is 0 Å². The van der Waals surface area contributed by atoms with Crippen LogP contribution in [0.5, 0.6) is 0 Å². The molecule has 1 aliphatic rings. The Morgan fingerprint density at radius 1 is 1.50 bits per heavy atom. The summed E-state index contributed by atoms with van der Waals surface area (Å²) in [6, 6.07) is 0. The summed E-state index contributed by atoms with van der Waals surface area (Å²) < 4.78 is 5.61. The van der Waals surface area contributed by atoms with E-state index in [4.69, 9.17) is 4.74 Å². The minimum absolute atomic E-state index is 0.125. The van der Waals surface area contributed by atoms with Gasteiger partial charge >= 0.3 is 0 Å². The lowest BCUT2D eigenvalue weighted by Crippen LogP contribution is -2.46. The molecule has 0 saturated carbocycles. The van der Waals surface area contributed by atoms with E-state index in [1.807, 2.05) is 7.05 Å². The van der Waals surface area contributed by atoms with Crippen molar-refractivity contribution in [1.29, 1.82) is 0 Å². The monoisotopic (exact) mass is 229 g/mol. The third-order valence-electron chi connectivity index (χ3n) is 2.81. The van der Waals surface area contributed by atoms with E-state index in [9.17, 15) is 4.79 Å². The van der Waals surface area contributed by atoms with Crippen LogP contribution in [0.3, 0.4) is 0 Å². The van der Waals surface area contributed by atoms with Crippen LogP contribution in [0, 0.1) is 0 Å². The Kier molecular flexibility index (Phi) is 6.37. The quantitative estimate of drug-likeness (QED) is 0.640. The van der Waals surface area contributed by atoms with Gasteiger partial charge in [0.2, 0.25) is 5.91 Å². The fourth-order valence-corrected chi connectivity index (χ4v) is 1.92. The number of likely N-dealkylation sites (N-methyl/N-ethyl adjacent to an activating group) is 1. The normalized spacial score (nSPS) is 22.0. The molecular weight excluding hydrogens is 206 g/mol. The van der Waals surface area contributed by atoms with Crippen molar-refractivity contribution in [2.24, 2.45) is 0 Å². The molecule has 0 aromatic rings. The van der Waals surface area contributed by atoms with Crippen molar-refractivity contribution in [3.63, 3.8) is 0 Å². The molecule has 1 amide bonds. The maximum atomic E-state index is 11.1. The number of morpholine rings is 1. The van der Waals surface area contributed by atoms with Crippen molar-refractivity contribution in [1.82, 2.24) is 15.5 Å². The first-order valence-electron chi connectivity index (χ1n) is 5.95. The Hall–Kier alpha value is -0.650. The Morgan fingerprint density at radius 3 is 3.00 bits per heavy atom. The lowest BCUT2D eigenvalue weighted by atomic mass is 10.2. The van der Waals surface area contributed by atoms with Gasteiger partial charge in [0.05, 0.1) is 12.7 Å². The fourth-order valence-electron chi connectivity index (χ4n) is 1.92. The highest BCUT2D eigenvalue weighted by atomic mass is 16.5. The lowest BCUT2D eigenvalue weighted by Gasteiger charge is -2.32. The van der Waals surface area contributed by atoms with Gasteiger partial charge in [-0.25, -0.2) is 0 Å². The molecule has 0 aromatic carbocycles. The second-order valence-electron chi connectivity index (χ2n) is 4.13. The molecule has 5 heteroatoms. The topological polar surface area (TPSA) is 53.6 Å².